The number of amides is 1. The Morgan fingerprint density at radius 2 is 2.14 bits per heavy atom. The van der Waals surface area contributed by atoms with E-state index in [-0.39, 0.29) is 16.8 Å². The number of nitrogens with zero attached hydrogens (tertiary/aromatic N) is 1. The zero-order valence-corrected chi connectivity index (χ0v) is 13.1. The van der Waals surface area contributed by atoms with E-state index >= 15 is 0 Å². The van der Waals surface area contributed by atoms with Crippen LogP contribution < -0.4 is 11.1 Å². The van der Waals surface area contributed by atoms with Crippen molar-refractivity contribution in [3.8, 4) is 0 Å². The second kappa shape index (κ2) is 6.13. The summed E-state index contributed by atoms with van der Waals surface area (Å²) in [6, 6.07) is 4.78. The van der Waals surface area contributed by atoms with Gasteiger partial charge in [0.25, 0.3) is 0 Å². The number of nitrogens with two attached hydrogens (primary N) is 1. The second-order valence-corrected chi connectivity index (χ2v) is 7.33. The highest BCUT2D eigenvalue weighted by Gasteiger charge is 2.30. The SMILES string of the molecule is CC(=O)Nc1ccc(C)c(S(=O)(=O)N2CCC[C@@H](N)C2)c1. The van der Waals surface area contributed by atoms with Gasteiger partial charge >= 0.3 is 0 Å². The van der Waals surface area contributed by atoms with E-state index < -0.39 is 10.0 Å². The summed E-state index contributed by atoms with van der Waals surface area (Å²) in [4.78, 5) is 11.3. The summed E-state index contributed by atoms with van der Waals surface area (Å²) < 4.78 is 26.9. The standard InChI is InChI=1S/C14H21N3O3S/c1-10-5-6-13(16-11(2)18)8-14(10)21(19,20)17-7-3-4-12(15)9-17/h5-6,8,12H,3-4,7,9,15H2,1-2H3,(H,16,18)/t12-/m1/s1. The van der Waals surface area contributed by atoms with Gasteiger partial charge in [-0.1, -0.05) is 6.07 Å². The molecule has 0 bridgehead atoms. The summed E-state index contributed by atoms with van der Waals surface area (Å²) >= 11 is 0. The molecule has 1 atom stereocenters. The van der Waals surface area contributed by atoms with Crippen LogP contribution in [-0.2, 0) is 14.8 Å². The van der Waals surface area contributed by atoms with Crippen molar-refractivity contribution in [1.29, 1.82) is 0 Å². The predicted octanol–water partition coefficient (Wildman–Crippen LogP) is 1.07. The summed E-state index contributed by atoms with van der Waals surface area (Å²) in [7, 11) is -3.58. The number of rotatable bonds is 3. The van der Waals surface area contributed by atoms with Gasteiger partial charge in [0.2, 0.25) is 15.9 Å². The molecular weight excluding hydrogens is 290 g/mol. The lowest BCUT2D eigenvalue weighted by Gasteiger charge is -2.30. The molecule has 1 aromatic carbocycles. The van der Waals surface area contributed by atoms with E-state index in [2.05, 4.69) is 5.32 Å². The van der Waals surface area contributed by atoms with Gasteiger partial charge in [0.15, 0.2) is 0 Å². The summed E-state index contributed by atoms with van der Waals surface area (Å²) in [5, 5.41) is 2.61. The highest BCUT2D eigenvalue weighted by molar-refractivity contribution is 7.89. The Kier molecular flexibility index (Phi) is 4.65. The minimum absolute atomic E-state index is 0.118. The Labute approximate surface area is 125 Å². The first-order valence-electron chi connectivity index (χ1n) is 6.94. The Hall–Kier alpha value is -1.44. The molecule has 21 heavy (non-hydrogen) atoms. The van der Waals surface area contributed by atoms with Crippen LogP contribution in [0.4, 0.5) is 5.69 Å². The van der Waals surface area contributed by atoms with Gasteiger partial charge in [-0.15, -0.1) is 0 Å². The van der Waals surface area contributed by atoms with Gasteiger partial charge in [-0.2, -0.15) is 4.31 Å². The number of carbonyl (C=O) groups excluding carboxylic acids is 1. The van der Waals surface area contributed by atoms with Crippen molar-refractivity contribution in [3.63, 3.8) is 0 Å². The van der Waals surface area contributed by atoms with Crippen LogP contribution >= 0.6 is 0 Å². The van der Waals surface area contributed by atoms with Gasteiger partial charge in [0.05, 0.1) is 4.90 Å². The first kappa shape index (κ1) is 15.9. The van der Waals surface area contributed by atoms with Crippen molar-refractivity contribution in [2.75, 3.05) is 18.4 Å². The lowest BCUT2D eigenvalue weighted by Crippen LogP contribution is -2.45. The molecule has 0 aromatic heterocycles. The number of hydrogen-bond acceptors (Lipinski definition) is 4. The van der Waals surface area contributed by atoms with E-state index in [1.54, 1.807) is 19.1 Å². The smallest absolute Gasteiger partial charge is 0.243 e. The third-order valence-electron chi connectivity index (χ3n) is 3.55. The fourth-order valence-electron chi connectivity index (χ4n) is 2.49. The highest BCUT2D eigenvalue weighted by atomic mass is 32.2. The number of benzene rings is 1. The molecule has 116 valence electrons. The van der Waals surface area contributed by atoms with Crippen LogP contribution in [0.15, 0.2) is 23.1 Å². The summed E-state index contributed by atoms with van der Waals surface area (Å²) in [5.74, 6) is -0.234. The number of hydrogen-bond donors (Lipinski definition) is 2. The van der Waals surface area contributed by atoms with Gasteiger partial charge < -0.3 is 11.1 Å². The molecule has 1 aliphatic heterocycles. The molecule has 6 nitrogen and oxygen atoms in total. The summed E-state index contributed by atoms with van der Waals surface area (Å²) in [5.41, 5.74) is 7.01. The molecule has 0 saturated carbocycles. The van der Waals surface area contributed by atoms with Crippen molar-refractivity contribution in [3.05, 3.63) is 23.8 Å². The molecule has 2 rings (SSSR count). The molecule has 1 heterocycles. The van der Waals surface area contributed by atoms with Crippen LogP contribution in [0.5, 0.6) is 0 Å². The van der Waals surface area contributed by atoms with Gasteiger partial charge in [-0.05, 0) is 37.5 Å². The molecular formula is C14H21N3O3S. The van der Waals surface area contributed by atoms with Crippen LogP contribution in [0.3, 0.4) is 0 Å². The molecule has 1 amide bonds. The Morgan fingerprint density at radius 3 is 2.76 bits per heavy atom. The number of aryl methyl sites for hydroxylation is 1. The Balaban J connectivity index is 2.36. The normalized spacial score (nSPS) is 20.2. The van der Waals surface area contributed by atoms with Crippen molar-refractivity contribution in [2.45, 2.75) is 37.6 Å². The van der Waals surface area contributed by atoms with Crippen LogP contribution in [0, 0.1) is 6.92 Å². The van der Waals surface area contributed by atoms with Crippen LogP contribution in [0.1, 0.15) is 25.3 Å². The molecule has 3 N–H and O–H groups in total. The van der Waals surface area contributed by atoms with Crippen molar-refractivity contribution in [1.82, 2.24) is 4.31 Å². The molecule has 0 spiro atoms. The monoisotopic (exact) mass is 311 g/mol. The zero-order valence-electron chi connectivity index (χ0n) is 12.3. The molecule has 1 fully saturated rings. The Bertz CT molecular complexity index is 643. The lowest BCUT2D eigenvalue weighted by molar-refractivity contribution is -0.114. The average molecular weight is 311 g/mol. The number of sulfonamides is 1. The van der Waals surface area contributed by atoms with Crippen molar-refractivity contribution >= 4 is 21.6 Å². The maximum Gasteiger partial charge on any atom is 0.243 e. The van der Waals surface area contributed by atoms with Crippen LogP contribution in [0.25, 0.3) is 0 Å². The number of piperidine rings is 1. The summed E-state index contributed by atoms with van der Waals surface area (Å²) in [6.07, 6.45) is 1.61. The molecule has 1 aromatic rings. The molecule has 1 saturated heterocycles. The zero-order chi connectivity index (χ0) is 15.6. The fraction of sp³-hybridized carbons (Fsp3) is 0.500. The molecule has 0 radical (unpaired) electrons. The van der Waals surface area contributed by atoms with Gasteiger partial charge in [-0.3, -0.25) is 4.79 Å². The average Bonchev–Trinajstić information content (AvgIpc) is 2.40. The quantitative estimate of drug-likeness (QED) is 0.873. The highest BCUT2D eigenvalue weighted by Crippen LogP contribution is 2.25. The predicted molar refractivity (Wildman–Crippen MR) is 81.5 cm³/mol. The first-order valence-corrected chi connectivity index (χ1v) is 8.38. The maximum absolute atomic E-state index is 12.7. The van der Waals surface area contributed by atoms with Crippen LogP contribution in [-0.4, -0.2) is 37.8 Å². The molecule has 7 heteroatoms. The summed E-state index contributed by atoms with van der Waals surface area (Å²) in [6.45, 7) is 3.96. The van der Waals surface area contributed by atoms with E-state index in [0.717, 1.165) is 12.8 Å². The van der Waals surface area contributed by atoms with E-state index in [1.807, 2.05) is 0 Å². The largest absolute Gasteiger partial charge is 0.327 e. The second-order valence-electron chi connectivity index (χ2n) is 5.43. The third kappa shape index (κ3) is 3.61. The number of carbonyl (C=O) groups is 1. The van der Waals surface area contributed by atoms with Crippen molar-refractivity contribution < 1.29 is 13.2 Å². The minimum Gasteiger partial charge on any atom is -0.327 e. The van der Waals surface area contributed by atoms with Crippen molar-refractivity contribution in [2.24, 2.45) is 5.73 Å². The van der Waals surface area contributed by atoms with Gasteiger partial charge in [-0.25, -0.2) is 8.42 Å². The molecule has 0 unspecified atom stereocenters. The molecule has 0 aliphatic carbocycles. The fourth-order valence-corrected chi connectivity index (χ4v) is 4.28. The number of nitrogens with one attached hydrogen (secondary N) is 1. The molecule has 1 aliphatic rings. The van der Waals surface area contributed by atoms with E-state index in [9.17, 15) is 13.2 Å². The van der Waals surface area contributed by atoms with E-state index in [4.69, 9.17) is 5.73 Å². The third-order valence-corrected chi connectivity index (χ3v) is 5.55. The van der Waals surface area contributed by atoms with Crippen LogP contribution in [0.2, 0.25) is 0 Å². The van der Waals surface area contributed by atoms with Gasteiger partial charge in [0, 0.05) is 31.7 Å². The van der Waals surface area contributed by atoms with E-state index in [1.165, 1.54) is 17.3 Å². The Morgan fingerprint density at radius 1 is 1.43 bits per heavy atom. The lowest BCUT2D eigenvalue weighted by atomic mass is 10.1. The number of anilines is 1. The maximum atomic E-state index is 12.7. The topological polar surface area (TPSA) is 92.5 Å². The van der Waals surface area contributed by atoms with E-state index in [0.29, 0.717) is 24.3 Å². The minimum atomic E-state index is -3.58. The first-order chi connectivity index (χ1) is 9.80. The van der Waals surface area contributed by atoms with Gasteiger partial charge in [0.1, 0.15) is 0 Å².